The van der Waals surface area contributed by atoms with Crippen molar-refractivity contribution in [2.45, 2.75) is 113 Å². The quantitative estimate of drug-likeness (QED) is 0.101. The largest absolute Gasteiger partial charge is 0.479 e. The van der Waals surface area contributed by atoms with E-state index < -0.39 is 116 Å². The number of primary amides is 1. The zero-order valence-corrected chi connectivity index (χ0v) is 23.1. The van der Waals surface area contributed by atoms with Gasteiger partial charge in [-0.3, -0.25) is 19.2 Å². The number of aliphatic hydroxyl groups excluding tert-OH is 5. The predicted octanol–water partition coefficient (Wildman–Crippen LogP) is -6.92. The Labute approximate surface area is 243 Å². The van der Waals surface area contributed by atoms with Crippen LogP contribution >= 0.6 is 0 Å². The van der Waals surface area contributed by atoms with E-state index in [1.807, 2.05) is 0 Å². The summed E-state index contributed by atoms with van der Waals surface area (Å²) in [5.41, 5.74) is 5.22. The first-order chi connectivity index (χ1) is 20.1. The SMILES string of the molecule is CC(=O)N[C@H]1[C@@H](O[C@@H]2[C@H](O)[C@@H](NC=O)[C@@H](O[C@H]3[C@H](O)[C@@H](C)OC(O)[C@@H]3NC(C)=O)O[C@@H]2C(=O)O)O[C@H](C(N)=O)[C@H](O)[C@@H]1O. The molecule has 0 saturated carbocycles. The molecule has 244 valence electrons. The van der Waals surface area contributed by atoms with Crippen molar-refractivity contribution >= 4 is 30.1 Å². The van der Waals surface area contributed by atoms with Crippen LogP contribution in [0, 0.1) is 0 Å². The molecule has 0 bridgehead atoms. The van der Waals surface area contributed by atoms with Gasteiger partial charge in [-0.2, -0.15) is 0 Å². The highest BCUT2D eigenvalue weighted by Crippen LogP contribution is 2.32. The lowest BCUT2D eigenvalue weighted by Crippen LogP contribution is -2.71. The second-order valence-corrected chi connectivity index (χ2v) is 10.2. The fourth-order valence-corrected chi connectivity index (χ4v) is 5.07. The number of carbonyl (C=O) groups excluding carboxylic acids is 4. The Morgan fingerprint density at radius 1 is 0.744 bits per heavy atom. The normalized spacial score (nSPS) is 43.2. The van der Waals surface area contributed by atoms with Gasteiger partial charge in [0.05, 0.1) is 6.10 Å². The Balaban J connectivity index is 1.94. The predicted molar refractivity (Wildman–Crippen MR) is 133 cm³/mol. The minimum Gasteiger partial charge on any atom is -0.479 e. The maximum absolute atomic E-state index is 12.3. The van der Waals surface area contributed by atoms with Crippen LogP contribution in [0.4, 0.5) is 0 Å². The van der Waals surface area contributed by atoms with Crippen molar-refractivity contribution in [3.05, 3.63) is 0 Å². The minimum absolute atomic E-state index is 0.107. The molecule has 3 aliphatic rings. The average molecular weight is 625 g/mol. The molecular weight excluding hydrogens is 588 g/mol. The molecule has 11 N–H and O–H groups in total. The van der Waals surface area contributed by atoms with Gasteiger partial charge in [0.2, 0.25) is 24.1 Å². The van der Waals surface area contributed by atoms with Crippen molar-refractivity contribution in [1.29, 1.82) is 0 Å². The molecule has 43 heavy (non-hydrogen) atoms. The lowest BCUT2D eigenvalue weighted by Gasteiger charge is -2.49. The van der Waals surface area contributed by atoms with Gasteiger partial charge in [0, 0.05) is 13.8 Å². The number of carboxylic acids is 1. The highest BCUT2D eigenvalue weighted by molar-refractivity contribution is 5.80. The molecule has 0 aromatic heterocycles. The summed E-state index contributed by atoms with van der Waals surface area (Å²) < 4.78 is 27.4. The van der Waals surface area contributed by atoms with Gasteiger partial charge in [0.25, 0.3) is 0 Å². The second-order valence-electron chi connectivity index (χ2n) is 10.2. The summed E-state index contributed by atoms with van der Waals surface area (Å²) in [6.45, 7) is 3.52. The first kappa shape index (κ1) is 34.4. The zero-order valence-electron chi connectivity index (χ0n) is 23.1. The first-order valence-corrected chi connectivity index (χ1v) is 13.0. The van der Waals surface area contributed by atoms with E-state index in [0.29, 0.717) is 0 Å². The molecule has 3 aliphatic heterocycles. The fraction of sp³-hybridized carbons (Fsp3) is 0.783. The van der Waals surface area contributed by atoms with E-state index in [0.717, 1.165) is 13.8 Å². The number of carbonyl (C=O) groups is 5. The van der Waals surface area contributed by atoms with Crippen molar-refractivity contribution in [2.24, 2.45) is 5.73 Å². The van der Waals surface area contributed by atoms with Crippen LogP contribution in [0.2, 0.25) is 0 Å². The number of aliphatic carboxylic acids is 1. The smallest absolute Gasteiger partial charge is 0.335 e. The Morgan fingerprint density at radius 2 is 1.28 bits per heavy atom. The molecule has 0 spiro atoms. The minimum atomic E-state index is -2.14. The van der Waals surface area contributed by atoms with Crippen molar-refractivity contribution < 1.29 is 78.3 Å². The Hall–Kier alpha value is -3.05. The Morgan fingerprint density at radius 3 is 1.81 bits per heavy atom. The van der Waals surface area contributed by atoms with Crippen LogP contribution in [0.5, 0.6) is 0 Å². The summed E-state index contributed by atoms with van der Waals surface area (Å²) in [6, 6.07) is -4.68. The van der Waals surface area contributed by atoms with Crippen molar-refractivity contribution in [3.8, 4) is 0 Å². The lowest BCUT2D eigenvalue weighted by atomic mass is 9.93. The van der Waals surface area contributed by atoms with Gasteiger partial charge in [-0.1, -0.05) is 0 Å². The van der Waals surface area contributed by atoms with Crippen LogP contribution in [0.3, 0.4) is 0 Å². The molecule has 0 aromatic rings. The summed E-state index contributed by atoms with van der Waals surface area (Å²) in [4.78, 5) is 59.1. The number of nitrogens with two attached hydrogens (primary N) is 1. The average Bonchev–Trinajstić information content (AvgIpc) is 2.91. The van der Waals surface area contributed by atoms with E-state index in [4.69, 9.17) is 29.4 Å². The van der Waals surface area contributed by atoms with Gasteiger partial charge in [-0.15, -0.1) is 0 Å². The van der Waals surface area contributed by atoms with E-state index in [9.17, 15) is 54.6 Å². The summed E-state index contributed by atoms with van der Waals surface area (Å²) in [6.07, 6.45) is -21.3. The summed E-state index contributed by atoms with van der Waals surface area (Å²) in [5, 5.41) is 69.8. The van der Waals surface area contributed by atoms with Crippen LogP contribution in [0.25, 0.3) is 0 Å². The summed E-state index contributed by atoms with van der Waals surface area (Å²) >= 11 is 0. The number of hydrogen-bond donors (Lipinski definition) is 10. The standard InChI is InChI=1S/C23H36N4O16/c1-5-11(31)15(10(21(38)39-5)27-7(3)30)40-22-8(25-4-28)13(33)16(18(43-22)20(36)37)41-23-9(26-6(2)29)12(32)14(34)17(42-23)19(24)35/h4-5,8-18,21-23,31-34,38H,1-3H3,(H2,24,35)(H,25,28)(H,26,29)(H,27,30)(H,36,37)/t5-,8-,9-,10-,11-,12-,13-,14-,15-,16-,17+,18+,21?,22+,23+/m1/s1. The molecule has 0 aliphatic carbocycles. The van der Waals surface area contributed by atoms with Crippen LogP contribution in [0.1, 0.15) is 20.8 Å². The number of ether oxygens (including phenoxy) is 5. The first-order valence-electron chi connectivity index (χ1n) is 13.0. The van der Waals surface area contributed by atoms with Crippen LogP contribution in [-0.2, 0) is 47.7 Å². The highest BCUT2D eigenvalue weighted by Gasteiger charge is 2.56. The van der Waals surface area contributed by atoms with Crippen molar-refractivity contribution in [1.82, 2.24) is 16.0 Å². The molecule has 3 saturated heterocycles. The third-order valence-electron chi connectivity index (χ3n) is 7.12. The van der Waals surface area contributed by atoms with E-state index in [-0.39, 0.29) is 6.41 Å². The highest BCUT2D eigenvalue weighted by atomic mass is 16.7. The maximum Gasteiger partial charge on any atom is 0.335 e. The van der Waals surface area contributed by atoms with E-state index in [2.05, 4.69) is 16.0 Å². The monoisotopic (exact) mass is 624 g/mol. The second kappa shape index (κ2) is 14.2. The number of carboxylic acid groups (broad SMARTS) is 1. The summed E-state index contributed by atoms with van der Waals surface area (Å²) in [5.74, 6) is -4.41. The van der Waals surface area contributed by atoms with Crippen LogP contribution < -0.4 is 21.7 Å². The van der Waals surface area contributed by atoms with E-state index in [1.54, 1.807) is 0 Å². The Kier molecular flexibility index (Phi) is 11.3. The molecule has 3 fully saturated rings. The van der Waals surface area contributed by atoms with Gasteiger partial charge in [0.1, 0.15) is 54.7 Å². The van der Waals surface area contributed by atoms with E-state index in [1.165, 1.54) is 6.92 Å². The lowest BCUT2D eigenvalue weighted by molar-refractivity contribution is -0.339. The van der Waals surface area contributed by atoms with Crippen LogP contribution in [-0.4, -0.2) is 153 Å². The van der Waals surface area contributed by atoms with Gasteiger partial charge in [-0.25, -0.2) is 4.79 Å². The van der Waals surface area contributed by atoms with Crippen molar-refractivity contribution in [3.63, 3.8) is 0 Å². The maximum atomic E-state index is 12.3. The zero-order chi connectivity index (χ0) is 32.3. The van der Waals surface area contributed by atoms with E-state index >= 15 is 0 Å². The molecule has 3 rings (SSSR count). The molecular formula is C23H36N4O16. The molecule has 1 unspecified atom stereocenters. The Bertz CT molecular complexity index is 1050. The third kappa shape index (κ3) is 7.55. The van der Waals surface area contributed by atoms with Crippen LogP contribution in [0.15, 0.2) is 0 Å². The molecule has 20 heteroatoms. The number of aliphatic hydroxyl groups is 5. The number of amides is 4. The van der Waals surface area contributed by atoms with Crippen molar-refractivity contribution in [2.75, 3.05) is 0 Å². The molecule has 4 amide bonds. The number of rotatable bonds is 10. The molecule has 20 nitrogen and oxygen atoms in total. The third-order valence-corrected chi connectivity index (χ3v) is 7.12. The topological polar surface area (TPSA) is 315 Å². The number of hydrogen-bond acceptors (Lipinski definition) is 15. The molecule has 15 atom stereocenters. The summed E-state index contributed by atoms with van der Waals surface area (Å²) in [7, 11) is 0. The van der Waals surface area contributed by atoms with Gasteiger partial charge in [-0.05, 0) is 6.92 Å². The molecule has 0 radical (unpaired) electrons. The van der Waals surface area contributed by atoms with Gasteiger partial charge in [0.15, 0.2) is 31.1 Å². The van der Waals surface area contributed by atoms with Gasteiger partial charge < -0.3 is 76.0 Å². The van der Waals surface area contributed by atoms with Gasteiger partial charge >= 0.3 is 5.97 Å². The molecule has 3 heterocycles. The molecule has 0 aromatic carbocycles. The number of nitrogens with one attached hydrogen (secondary N) is 3. The fourth-order valence-electron chi connectivity index (χ4n) is 5.07.